The summed E-state index contributed by atoms with van der Waals surface area (Å²) in [5.74, 6) is 2.39. The van der Waals surface area contributed by atoms with Gasteiger partial charge in [-0.25, -0.2) is 4.98 Å². The number of nitrogens with zero attached hydrogens (tertiary/aromatic N) is 1. The van der Waals surface area contributed by atoms with Gasteiger partial charge in [0, 0.05) is 11.5 Å². The highest BCUT2D eigenvalue weighted by Crippen LogP contribution is 2.39. The van der Waals surface area contributed by atoms with Crippen molar-refractivity contribution in [2.24, 2.45) is 0 Å². The van der Waals surface area contributed by atoms with Crippen molar-refractivity contribution in [2.75, 3.05) is 0 Å². The molecule has 0 saturated heterocycles. The van der Waals surface area contributed by atoms with E-state index in [2.05, 4.69) is 9.97 Å². The average Bonchev–Trinajstić information content (AvgIpc) is 2.98. The van der Waals surface area contributed by atoms with E-state index in [1.807, 2.05) is 19.1 Å². The zero-order valence-corrected chi connectivity index (χ0v) is 9.80. The number of H-pyrrole nitrogens is 1. The van der Waals surface area contributed by atoms with Crippen LogP contribution in [-0.4, -0.2) is 9.97 Å². The Morgan fingerprint density at radius 1 is 1.50 bits per heavy atom. The molecule has 0 atom stereocenters. The number of hydrogen-bond acceptors (Lipinski definition) is 3. The third-order valence-electron chi connectivity index (χ3n) is 2.90. The second-order valence-corrected chi connectivity index (χ2v) is 4.57. The van der Waals surface area contributed by atoms with E-state index in [-0.39, 0.29) is 0 Å². The fourth-order valence-corrected chi connectivity index (χ4v) is 1.97. The van der Waals surface area contributed by atoms with Crippen molar-refractivity contribution in [3.05, 3.63) is 34.4 Å². The number of rotatable bonds is 2. The summed E-state index contributed by atoms with van der Waals surface area (Å²) in [4.78, 5) is 7.77. The van der Waals surface area contributed by atoms with Crippen LogP contribution in [0.15, 0.2) is 22.8 Å². The third kappa shape index (κ3) is 1.59. The molecule has 0 aliphatic heterocycles. The number of furan rings is 1. The smallest absolute Gasteiger partial charge is 0.150 e. The van der Waals surface area contributed by atoms with Crippen LogP contribution >= 0.6 is 12.2 Å². The Bertz CT molecular complexity index is 567. The molecule has 0 radical (unpaired) electrons. The molecule has 1 aliphatic rings. The summed E-state index contributed by atoms with van der Waals surface area (Å²) < 4.78 is 6.08. The van der Waals surface area contributed by atoms with Crippen LogP contribution in [0.5, 0.6) is 0 Å². The first-order chi connectivity index (χ1) is 7.75. The standard InChI is InChI=1S/C12H12N2OS/c1-7-10(9-3-2-6-15-9)13-11(8-4-5-8)14-12(7)16/h2-3,6,8H,4-5H2,1H3,(H,13,14,16). The van der Waals surface area contributed by atoms with E-state index in [1.165, 1.54) is 12.8 Å². The Hall–Kier alpha value is -1.42. The van der Waals surface area contributed by atoms with Crippen LogP contribution in [0.25, 0.3) is 11.5 Å². The molecular weight excluding hydrogens is 220 g/mol. The third-order valence-corrected chi connectivity index (χ3v) is 3.30. The van der Waals surface area contributed by atoms with Crippen LogP contribution in [0.3, 0.4) is 0 Å². The lowest BCUT2D eigenvalue weighted by molar-refractivity contribution is 0.578. The minimum Gasteiger partial charge on any atom is -0.463 e. The molecule has 82 valence electrons. The average molecular weight is 232 g/mol. The first kappa shape index (κ1) is 9.78. The summed E-state index contributed by atoms with van der Waals surface area (Å²) >= 11 is 5.28. The number of aromatic amines is 1. The van der Waals surface area contributed by atoms with E-state index in [9.17, 15) is 0 Å². The van der Waals surface area contributed by atoms with Gasteiger partial charge in [0.2, 0.25) is 0 Å². The lowest BCUT2D eigenvalue weighted by Crippen LogP contribution is -1.98. The minimum absolute atomic E-state index is 0.566. The first-order valence-electron chi connectivity index (χ1n) is 5.40. The lowest BCUT2D eigenvalue weighted by Gasteiger charge is -2.06. The van der Waals surface area contributed by atoms with E-state index >= 15 is 0 Å². The quantitative estimate of drug-likeness (QED) is 0.804. The monoisotopic (exact) mass is 232 g/mol. The van der Waals surface area contributed by atoms with Crippen molar-refractivity contribution in [3.63, 3.8) is 0 Å². The van der Waals surface area contributed by atoms with E-state index in [0.29, 0.717) is 10.6 Å². The van der Waals surface area contributed by atoms with Gasteiger partial charge in [0.1, 0.15) is 16.2 Å². The SMILES string of the molecule is Cc1c(-c2ccco2)[nH]c(C2CC2)nc1=S. The Labute approximate surface area is 98.5 Å². The Morgan fingerprint density at radius 3 is 2.94 bits per heavy atom. The first-order valence-corrected chi connectivity index (χ1v) is 5.81. The molecule has 1 aliphatic carbocycles. The summed E-state index contributed by atoms with van der Waals surface area (Å²) in [6.07, 6.45) is 4.08. The zero-order valence-electron chi connectivity index (χ0n) is 8.99. The van der Waals surface area contributed by atoms with Gasteiger partial charge in [-0.1, -0.05) is 12.2 Å². The predicted molar refractivity (Wildman–Crippen MR) is 63.8 cm³/mol. The van der Waals surface area contributed by atoms with E-state index in [1.54, 1.807) is 6.26 Å². The van der Waals surface area contributed by atoms with Gasteiger partial charge >= 0.3 is 0 Å². The summed E-state index contributed by atoms with van der Waals surface area (Å²) in [5, 5.41) is 0. The molecule has 3 nitrogen and oxygen atoms in total. The fourth-order valence-electron chi connectivity index (χ4n) is 1.77. The van der Waals surface area contributed by atoms with Gasteiger partial charge in [0.25, 0.3) is 0 Å². The highest BCUT2D eigenvalue weighted by molar-refractivity contribution is 7.71. The second kappa shape index (κ2) is 3.56. The molecule has 0 bridgehead atoms. The molecular formula is C12H12N2OS. The molecule has 2 aromatic heterocycles. The van der Waals surface area contributed by atoms with E-state index < -0.39 is 0 Å². The summed E-state index contributed by atoms with van der Waals surface area (Å²) in [5.41, 5.74) is 1.95. The van der Waals surface area contributed by atoms with Gasteiger partial charge in [-0.05, 0) is 31.9 Å². The molecule has 0 aromatic carbocycles. The Morgan fingerprint density at radius 2 is 2.31 bits per heavy atom. The van der Waals surface area contributed by atoms with E-state index in [4.69, 9.17) is 16.6 Å². The van der Waals surface area contributed by atoms with Crippen LogP contribution in [0.2, 0.25) is 0 Å². The van der Waals surface area contributed by atoms with Crippen LogP contribution in [-0.2, 0) is 0 Å². The number of aromatic nitrogens is 2. The normalized spacial score (nSPS) is 15.3. The van der Waals surface area contributed by atoms with Crippen molar-refractivity contribution in [2.45, 2.75) is 25.7 Å². The van der Waals surface area contributed by atoms with Gasteiger partial charge in [-0.15, -0.1) is 0 Å². The van der Waals surface area contributed by atoms with Crippen LogP contribution in [0.4, 0.5) is 0 Å². The summed E-state index contributed by atoms with van der Waals surface area (Å²) in [7, 11) is 0. The molecule has 2 aromatic rings. The highest BCUT2D eigenvalue weighted by Gasteiger charge is 2.26. The topological polar surface area (TPSA) is 41.8 Å². The van der Waals surface area contributed by atoms with Gasteiger partial charge in [0.05, 0.1) is 12.0 Å². The largest absolute Gasteiger partial charge is 0.463 e. The Balaban J connectivity index is 2.19. The fraction of sp³-hybridized carbons (Fsp3) is 0.333. The van der Waals surface area contributed by atoms with E-state index in [0.717, 1.165) is 22.8 Å². The maximum absolute atomic E-state index is 5.41. The molecule has 0 amide bonds. The summed E-state index contributed by atoms with van der Waals surface area (Å²) in [6, 6.07) is 3.81. The predicted octanol–water partition coefficient (Wildman–Crippen LogP) is 3.59. The molecule has 1 saturated carbocycles. The Kier molecular flexibility index (Phi) is 2.17. The second-order valence-electron chi connectivity index (χ2n) is 4.18. The summed E-state index contributed by atoms with van der Waals surface area (Å²) in [6.45, 7) is 1.97. The molecule has 0 unspecified atom stereocenters. The van der Waals surface area contributed by atoms with Crippen LogP contribution in [0, 0.1) is 11.6 Å². The lowest BCUT2D eigenvalue weighted by atomic mass is 10.2. The minimum atomic E-state index is 0.566. The van der Waals surface area contributed by atoms with Crippen LogP contribution in [0.1, 0.15) is 30.1 Å². The van der Waals surface area contributed by atoms with Crippen molar-refractivity contribution < 1.29 is 4.42 Å². The number of nitrogens with one attached hydrogen (secondary N) is 1. The maximum atomic E-state index is 5.41. The highest BCUT2D eigenvalue weighted by atomic mass is 32.1. The number of hydrogen-bond donors (Lipinski definition) is 1. The zero-order chi connectivity index (χ0) is 11.1. The van der Waals surface area contributed by atoms with Crippen molar-refractivity contribution in [1.29, 1.82) is 0 Å². The molecule has 1 fully saturated rings. The van der Waals surface area contributed by atoms with Gasteiger partial charge in [0.15, 0.2) is 0 Å². The maximum Gasteiger partial charge on any atom is 0.150 e. The van der Waals surface area contributed by atoms with Gasteiger partial charge < -0.3 is 9.40 Å². The van der Waals surface area contributed by atoms with Crippen molar-refractivity contribution in [3.8, 4) is 11.5 Å². The van der Waals surface area contributed by atoms with Crippen molar-refractivity contribution in [1.82, 2.24) is 9.97 Å². The van der Waals surface area contributed by atoms with Crippen LogP contribution < -0.4 is 0 Å². The molecule has 16 heavy (non-hydrogen) atoms. The molecule has 2 heterocycles. The molecule has 1 N–H and O–H groups in total. The molecule has 3 rings (SSSR count). The molecule has 0 spiro atoms. The van der Waals surface area contributed by atoms with Crippen molar-refractivity contribution >= 4 is 12.2 Å². The molecule has 4 heteroatoms. The van der Waals surface area contributed by atoms with Gasteiger partial charge in [-0.2, -0.15) is 0 Å². The van der Waals surface area contributed by atoms with Gasteiger partial charge in [-0.3, -0.25) is 0 Å².